The van der Waals surface area contributed by atoms with Gasteiger partial charge in [-0.3, -0.25) is 14.9 Å². The average Bonchev–Trinajstić information content (AvgIpc) is 2.33. The van der Waals surface area contributed by atoms with Crippen LogP contribution in [0.3, 0.4) is 0 Å². The summed E-state index contributed by atoms with van der Waals surface area (Å²) < 4.78 is 0. The number of carbonyl (C=O) groups is 2. The molecule has 3 N–H and O–H groups in total. The maximum absolute atomic E-state index is 11.7. The molecule has 0 aliphatic carbocycles. The Labute approximate surface area is 117 Å². The molecule has 2 amide bonds. The highest BCUT2D eigenvalue weighted by Gasteiger charge is 2.09. The molecule has 0 aliphatic rings. The van der Waals surface area contributed by atoms with Gasteiger partial charge in [0.15, 0.2) is 0 Å². The van der Waals surface area contributed by atoms with Gasteiger partial charge in [-0.05, 0) is 31.0 Å². The number of nitrogens with one attached hydrogen (secondary N) is 3. The van der Waals surface area contributed by atoms with Crippen molar-refractivity contribution in [3.8, 4) is 0 Å². The molecule has 6 heteroatoms. The minimum Gasteiger partial charge on any atom is -0.358 e. The average molecular weight is 284 g/mol. The van der Waals surface area contributed by atoms with Crippen LogP contribution in [-0.2, 0) is 9.59 Å². The summed E-state index contributed by atoms with van der Waals surface area (Å²) in [6, 6.07) is 3.74. The van der Waals surface area contributed by atoms with E-state index in [0.29, 0.717) is 10.7 Å². The first-order chi connectivity index (χ1) is 8.93. The van der Waals surface area contributed by atoms with E-state index in [2.05, 4.69) is 16.0 Å². The van der Waals surface area contributed by atoms with E-state index in [0.717, 1.165) is 11.1 Å². The molecule has 0 heterocycles. The fourth-order valence-corrected chi connectivity index (χ4v) is 2.00. The first-order valence-corrected chi connectivity index (χ1v) is 6.29. The second-order valence-corrected chi connectivity index (χ2v) is 4.67. The first kappa shape index (κ1) is 15.5. The van der Waals surface area contributed by atoms with Crippen LogP contribution < -0.4 is 16.0 Å². The van der Waals surface area contributed by atoms with Gasteiger partial charge in [-0.1, -0.05) is 17.7 Å². The van der Waals surface area contributed by atoms with Crippen molar-refractivity contribution < 1.29 is 9.59 Å². The molecule has 0 fully saturated rings. The summed E-state index contributed by atoms with van der Waals surface area (Å²) in [5.74, 6) is -0.407. The van der Waals surface area contributed by atoms with E-state index in [-0.39, 0.29) is 24.9 Å². The van der Waals surface area contributed by atoms with Gasteiger partial charge in [-0.25, -0.2) is 0 Å². The van der Waals surface area contributed by atoms with E-state index in [1.165, 1.54) is 0 Å². The maximum Gasteiger partial charge on any atom is 0.238 e. The van der Waals surface area contributed by atoms with Crippen molar-refractivity contribution >= 4 is 29.1 Å². The molecule has 0 spiro atoms. The molecule has 19 heavy (non-hydrogen) atoms. The number of anilines is 1. The van der Waals surface area contributed by atoms with Gasteiger partial charge in [0, 0.05) is 7.05 Å². The lowest BCUT2D eigenvalue weighted by Crippen LogP contribution is -2.36. The van der Waals surface area contributed by atoms with Crippen LogP contribution in [0.15, 0.2) is 12.1 Å². The summed E-state index contributed by atoms with van der Waals surface area (Å²) in [7, 11) is 1.54. The van der Waals surface area contributed by atoms with Gasteiger partial charge >= 0.3 is 0 Å². The van der Waals surface area contributed by atoms with Crippen LogP contribution in [0.5, 0.6) is 0 Å². The quantitative estimate of drug-likeness (QED) is 0.761. The van der Waals surface area contributed by atoms with E-state index >= 15 is 0 Å². The summed E-state index contributed by atoms with van der Waals surface area (Å²) in [6.07, 6.45) is 0. The van der Waals surface area contributed by atoms with Crippen molar-refractivity contribution in [3.63, 3.8) is 0 Å². The zero-order valence-corrected chi connectivity index (χ0v) is 12.0. The highest BCUT2D eigenvalue weighted by atomic mass is 35.5. The van der Waals surface area contributed by atoms with Crippen LogP contribution in [0.25, 0.3) is 0 Å². The van der Waals surface area contributed by atoms with E-state index in [9.17, 15) is 9.59 Å². The number of aryl methyl sites for hydroxylation is 2. The van der Waals surface area contributed by atoms with Gasteiger partial charge in [0.1, 0.15) is 0 Å². The zero-order chi connectivity index (χ0) is 14.4. The van der Waals surface area contributed by atoms with Crippen LogP contribution in [0, 0.1) is 13.8 Å². The third-order valence-electron chi connectivity index (χ3n) is 2.55. The summed E-state index contributed by atoms with van der Waals surface area (Å²) >= 11 is 6.09. The van der Waals surface area contributed by atoms with Crippen LogP contribution in [0.2, 0.25) is 5.02 Å². The molecule has 0 aromatic heterocycles. The van der Waals surface area contributed by atoms with E-state index in [1.54, 1.807) is 13.1 Å². The Morgan fingerprint density at radius 2 is 1.79 bits per heavy atom. The predicted octanol–water partition coefficient (Wildman–Crippen LogP) is 1.23. The molecule has 0 saturated heterocycles. The van der Waals surface area contributed by atoms with Crippen molar-refractivity contribution in [2.75, 3.05) is 25.5 Å². The molecule has 1 aromatic carbocycles. The van der Waals surface area contributed by atoms with Gasteiger partial charge in [0.25, 0.3) is 0 Å². The Bertz CT molecular complexity index is 466. The van der Waals surface area contributed by atoms with E-state index in [1.807, 2.05) is 19.9 Å². The summed E-state index contributed by atoms with van der Waals surface area (Å²) in [5, 5.41) is 8.44. The fourth-order valence-electron chi connectivity index (χ4n) is 1.64. The predicted molar refractivity (Wildman–Crippen MR) is 76.5 cm³/mol. The maximum atomic E-state index is 11.7. The molecule has 0 aliphatic heterocycles. The Hall–Kier alpha value is -1.59. The zero-order valence-electron chi connectivity index (χ0n) is 11.3. The number of hydrogen-bond donors (Lipinski definition) is 3. The van der Waals surface area contributed by atoms with Crippen LogP contribution in [0.1, 0.15) is 11.1 Å². The number of hydrogen-bond acceptors (Lipinski definition) is 3. The molecule has 0 bridgehead atoms. The van der Waals surface area contributed by atoms with Crippen molar-refractivity contribution in [1.29, 1.82) is 0 Å². The normalized spacial score (nSPS) is 10.1. The van der Waals surface area contributed by atoms with Crippen LogP contribution >= 0.6 is 11.6 Å². The summed E-state index contributed by atoms with van der Waals surface area (Å²) in [6.45, 7) is 3.98. The third-order valence-corrected chi connectivity index (χ3v) is 2.84. The second kappa shape index (κ2) is 7.11. The first-order valence-electron chi connectivity index (χ1n) is 5.92. The van der Waals surface area contributed by atoms with Gasteiger partial charge in [0.05, 0.1) is 23.8 Å². The molecule has 0 radical (unpaired) electrons. The largest absolute Gasteiger partial charge is 0.358 e. The lowest BCUT2D eigenvalue weighted by molar-refractivity contribution is -0.119. The Morgan fingerprint density at radius 3 is 2.37 bits per heavy atom. The second-order valence-electron chi connectivity index (χ2n) is 4.26. The van der Waals surface area contributed by atoms with Crippen molar-refractivity contribution in [2.45, 2.75) is 13.8 Å². The lowest BCUT2D eigenvalue weighted by Gasteiger charge is -2.11. The van der Waals surface area contributed by atoms with Gasteiger partial charge in [-0.15, -0.1) is 0 Å². The SMILES string of the molecule is CNC(=O)CNCC(=O)Nc1c(C)cc(C)cc1Cl. The molecule has 5 nitrogen and oxygen atoms in total. The minimum absolute atomic E-state index is 0.0526. The number of carbonyl (C=O) groups excluding carboxylic acids is 2. The van der Waals surface area contributed by atoms with Crippen LogP contribution in [0.4, 0.5) is 5.69 Å². The molecular weight excluding hydrogens is 266 g/mol. The van der Waals surface area contributed by atoms with Crippen molar-refractivity contribution in [3.05, 3.63) is 28.3 Å². The molecular formula is C13H18ClN3O2. The smallest absolute Gasteiger partial charge is 0.238 e. The number of likely N-dealkylation sites (N-methyl/N-ethyl adjacent to an activating group) is 1. The summed E-state index contributed by atoms with van der Waals surface area (Å²) in [4.78, 5) is 22.7. The van der Waals surface area contributed by atoms with Crippen LogP contribution in [-0.4, -0.2) is 32.0 Å². The van der Waals surface area contributed by atoms with E-state index < -0.39 is 0 Å². The molecule has 1 rings (SSSR count). The minimum atomic E-state index is -0.238. The Kier molecular flexibility index (Phi) is 5.79. The number of halogens is 1. The monoisotopic (exact) mass is 283 g/mol. The van der Waals surface area contributed by atoms with Crippen molar-refractivity contribution in [2.24, 2.45) is 0 Å². The van der Waals surface area contributed by atoms with E-state index in [4.69, 9.17) is 11.6 Å². The number of rotatable bonds is 5. The highest BCUT2D eigenvalue weighted by molar-refractivity contribution is 6.34. The number of amides is 2. The molecule has 104 valence electrons. The molecule has 1 aromatic rings. The fraction of sp³-hybridized carbons (Fsp3) is 0.385. The molecule has 0 unspecified atom stereocenters. The third kappa shape index (κ3) is 4.89. The topological polar surface area (TPSA) is 70.2 Å². The highest BCUT2D eigenvalue weighted by Crippen LogP contribution is 2.27. The van der Waals surface area contributed by atoms with Gasteiger partial charge < -0.3 is 10.6 Å². The summed E-state index contributed by atoms with van der Waals surface area (Å²) in [5.41, 5.74) is 2.56. The van der Waals surface area contributed by atoms with Gasteiger partial charge in [-0.2, -0.15) is 0 Å². The molecule has 0 atom stereocenters. The van der Waals surface area contributed by atoms with Crippen molar-refractivity contribution in [1.82, 2.24) is 10.6 Å². The van der Waals surface area contributed by atoms with Gasteiger partial charge in [0.2, 0.25) is 11.8 Å². The Balaban J connectivity index is 2.56. The molecule has 0 saturated carbocycles. The number of benzene rings is 1. The standard InChI is InChI=1S/C13H18ClN3O2/c1-8-4-9(2)13(10(14)5-8)17-12(19)7-16-6-11(18)15-3/h4-5,16H,6-7H2,1-3H3,(H,15,18)(H,17,19). The Morgan fingerprint density at radius 1 is 1.16 bits per heavy atom. The lowest BCUT2D eigenvalue weighted by atomic mass is 10.1.